The molecule has 0 aromatic carbocycles. The quantitative estimate of drug-likeness (QED) is 0.397. The third kappa shape index (κ3) is 9.48. The van der Waals surface area contributed by atoms with Crippen molar-refractivity contribution in [1.29, 1.82) is 0 Å². The maximum Gasteiger partial charge on any atom is -0.0144 e. The zero-order chi connectivity index (χ0) is 8.53. The maximum absolute atomic E-state index is 3.84. The Kier molecular flexibility index (Phi) is 7.23. The van der Waals surface area contributed by atoms with Gasteiger partial charge in [-0.1, -0.05) is 44.1 Å². The molecule has 0 N–H and O–H groups in total. The highest BCUT2D eigenvalue weighted by Gasteiger charge is 1.81. The Morgan fingerprint density at radius 2 is 2.00 bits per heavy atom. The second-order valence-corrected chi connectivity index (χ2v) is 3.13. The van der Waals surface area contributed by atoms with Crippen molar-refractivity contribution in [1.82, 2.24) is 0 Å². The van der Waals surface area contributed by atoms with Crippen LogP contribution in [0.4, 0.5) is 0 Å². The van der Waals surface area contributed by atoms with Gasteiger partial charge in [0.1, 0.15) is 0 Å². The summed E-state index contributed by atoms with van der Waals surface area (Å²) in [6.07, 6.45) is 10.8. The molecule has 0 atom stereocenters. The van der Waals surface area contributed by atoms with E-state index in [1.54, 1.807) is 0 Å². The van der Waals surface area contributed by atoms with Gasteiger partial charge in [0.2, 0.25) is 0 Å². The average molecular weight is 152 g/mol. The molecule has 11 heavy (non-hydrogen) atoms. The summed E-state index contributed by atoms with van der Waals surface area (Å²) in [5.74, 6) is 0. The van der Waals surface area contributed by atoms with Gasteiger partial charge in [-0.3, -0.25) is 0 Å². The Morgan fingerprint density at radius 1 is 1.27 bits per heavy atom. The lowest BCUT2D eigenvalue weighted by Crippen LogP contribution is -1.71. The number of hydrogen-bond acceptors (Lipinski definition) is 0. The molecule has 0 saturated heterocycles. The Labute approximate surface area is 71.0 Å². The fourth-order valence-electron chi connectivity index (χ4n) is 0.915. The lowest BCUT2D eigenvalue weighted by atomic mass is 10.1. The summed E-state index contributed by atoms with van der Waals surface area (Å²) in [5, 5.41) is 0. The van der Waals surface area contributed by atoms with Crippen LogP contribution >= 0.6 is 0 Å². The van der Waals surface area contributed by atoms with Crippen molar-refractivity contribution in [2.75, 3.05) is 0 Å². The Balaban J connectivity index is 3.10. The van der Waals surface area contributed by atoms with E-state index in [4.69, 9.17) is 0 Å². The molecule has 64 valence electrons. The van der Waals surface area contributed by atoms with E-state index in [1.807, 2.05) is 0 Å². The molecule has 0 spiro atoms. The molecule has 0 unspecified atom stereocenters. The molecule has 0 aromatic rings. The van der Waals surface area contributed by atoms with Crippen molar-refractivity contribution in [3.05, 3.63) is 24.3 Å². The molecule has 0 fully saturated rings. The van der Waals surface area contributed by atoms with Gasteiger partial charge in [-0.25, -0.2) is 0 Å². The molecule has 0 bridgehead atoms. The molecule has 0 aliphatic heterocycles. The van der Waals surface area contributed by atoms with Crippen molar-refractivity contribution in [3.63, 3.8) is 0 Å². The van der Waals surface area contributed by atoms with E-state index in [-0.39, 0.29) is 0 Å². The molecule has 0 rings (SSSR count). The van der Waals surface area contributed by atoms with E-state index in [0.29, 0.717) is 0 Å². The van der Waals surface area contributed by atoms with Crippen LogP contribution in [0.2, 0.25) is 0 Å². The van der Waals surface area contributed by atoms with Gasteiger partial charge in [0, 0.05) is 0 Å². The van der Waals surface area contributed by atoms with E-state index in [0.717, 1.165) is 6.42 Å². The molecule has 0 aliphatic carbocycles. The van der Waals surface area contributed by atoms with E-state index >= 15 is 0 Å². The predicted octanol–water partition coefficient (Wildman–Crippen LogP) is 4.09. The van der Waals surface area contributed by atoms with E-state index in [1.165, 1.54) is 31.3 Å². The average Bonchev–Trinajstić information content (AvgIpc) is 1.96. The van der Waals surface area contributed by atoms with Crippen LogP contribution in [0.5, 0.6) is 0 Å². The van der Waals surface area contributed by atoms with Crippen LogP contribution in [-0.4, -0.2) is 0 Å². The number of unbranched alkanes of at least 4 members (excludes halogenated alkanes) is 3. The van der Waals surface area contributed by atoms with Gasteiger partial charge in [0.25, 0.3) is 0 Å². The third-order valence-corrected chi connectivity index (χ3v) is 1.61. The van der Waals surface area contributed by atoms with Crippen molar-refractivity contribution < 1.29 is 0 Å². The molecule has 0 aliphatic rings. The minimum atomic E-state index is 1.05. The van der Waals surface area contributed by atoms with Gasteiger partial charge < -0.3 is 0 Å². The van der Waals surface area contributed by atoms with Crippen LogP contribution in [0, 0.1) is 0 Å². The standard InChI is InChI=1S/C11H20/c1-4-5-6-7-8-9-10-11(2)3/h8-9H,2,4-7,10H2,1,3H3. The summed E-state index contributed by atoms with van der Waals surface area (Å²) in [6, 6.07) is 0. The SMILES string of the molecule is C=C(C)CC=CCCCCC. The first-order valence-corrected chi connectivity index (χ1v) is 4.56. The fourth-order valence-corrected chi connectivity index (χ4v) is 0.915. The number of rotatable bonds is 6. The molecule has 0 radical (unpaired) electrons. The molecule has 0 aromatic heterocycles. The second kappa shape index (κ2) is 7.59. The van der Waals surface area contributed by atoms with Crippen LogP contribution in [0.3, 0.4) is 0 Å². The summed E-state index contributed by atoms with van der Waals surface area (Å²) in [5.41, 5.74) is 1.25. The van der Waals surface area contributed by atoms with Gasteiger partial charge >= 0.3 is 0 Å². The third-order valence-electron chi connectivity index (χ3n) is 1.61. The van der Waals surface area contributed by atoms with Crippen molar-refractivity contribution in [2.24, 2.45) is 0 Å². The Morgan fingerprint density at radius 3 is 2.55 bits per heavy atom. The molecular weight excluding hydrogens is 132 g/mol. The summed E-state index contributed by atoms with van der Waals surface area (Å²) in [4.78, 5) is 0. The van der Waals surface area contributed by atoms with Crippen molar-refractivity contribution in [3.8, 4) is 0 Å². The van der Waals surface area contributed by atoms with Crippen LogP contribution < -0.4 is 0 Å². The number of hydrogen-bond donors (Lipinski definition) is 0. The first kappa shape index (κ1) is 10.5. The minimum Gasteiger partial charge on any atom is -0.0998 e. The smallest absolute Gasteiger partial charge is 0.0144 e. The van der Waals surface area contributed by atoms with Crippen LogP contribution in [0.25, 0.3) is 0 Å². The van der Waals surface area contributed by atoms with Crippen LogP contribution in [-0.2, 0) is 0 Å². The molecule has 0 nitrogen and oxygen atoms in total. The van der Waals surface area contributed by atoms with E-state index < -0.39 is 0 Å². The van der Waals surface area contributed by atoms with Gasteiger partial charge in [0.15, 0.2) is 0 Å². The normalized spacial score (nSPS) is 10.7. The van der Waals surface area contributed by atoms with E-state index in [9.17, 15) is 0 Å². The molecule has 0 saturated carbocycles. The van der Waals surface area contributed by atoms with Crippen LogP contribution in [0.1, 0.15) is 46.0 Å². The first-order valence-electron chi connectivity index (χ1n) is 4.56. The summed E-state index contributed by atoms with van der Waals surface area (Å²) in [6.45, 7) is 8.14. The molecule has 0 heterocycles. The summed E-state index contributed by atoms with van der Waals surface area (Å²) < 4.78 is 0. The lowest BCUT2D eigenvalue weighted by molar-refractivity contribution is 0.728. The van der Waals surface area contributed by atoms with Gasteiger partial charge in [-0.05, 0) is 26.2 Å². The first-order chi connectivity index (χ1) is 5.27. The Hall–Kier alpha value is -0.520. The molecule has 0 heteroatoms. The monoisotopic (exact) mass is 152 g/mol. The Bertz CT molecular complexity index is 120. The molecule has 0 amide bonds. The highest BCUT2D eigenvalue weighted by atomic mass is 13.9. The highest BCUT2D eigenvalue weighted by molar-refractivity contribution is 4.98. The van der Waals surface area contributed by atoms with Gasteiger partial charge in [-0.2, -0.15) is 0 Å². The maximum atomic E-state index is 3.84. The largest absolute Gasteiger partial charge is 0.0998 e. The van der Waals surface area contributed by atoms with Gasteiger partial charge in [0.05, 0.1) is 0 Å². The summed E-state index contributed by atoms with van der Waals surface area (Å²) >= 11 is 0. The zero-order valence-electron chi connectivity index (χ0n) is 7.90. The number of allylic oxidation sites excluding steroid dienone is 3. The lowest BCUT2D eigenvalue weighted by Gasteiger charge is -1.92. The molecular formula is C11H20. The van der Waals surface area contributed by atoms with Crippen molar-refractivity contribution in [2.45, 2.75) is 46.0 Å². The highest BCUT2D eigenvalue weighted by Crippen LogP contribution is 2.02. The second-order valence-electron chi connectivity index (χ2n) is 3.13. The van der Waals surface area contributed by atoms with Crippen molar-refractivity contribution >= 4 is 0 Å². The van der Waals surface area contributed by atoms with E-state index in [2.05, 4.69) is 32.6 Å². The zero-order valence-corrected chi connectivity index (χ0v) is 7.90. The predicted molar refractivity (Wildman–Crippen MR) is 52.7 cm³/mol. The minimum absolute atomic E-state index is 1.05. The van der Waals surface area contributed by atoms with Crippen LogP contribution in [0.15, 0.2) is 24.3 Å². The van der Waals surface area contributed by atoms with Gasteiger partial charge in [-0.15, -0.1) is 0 Å². The fraction of sp³-hybridized carbons (Fsp3) is 0.636. The summed E-state index contributed by atoms with van der Waals surface area (Å²) in [7, 11) is 0. The topological polar surface area (TPSA) is 0 Å².